The molecule has 112 valence electrons. The van der Waals surface area contributed by atoms with Gasteiger partial charge in [-0.15, -0.1) is 0 Å². The van der Waals surface area contributed by atoms with Crippen LogP contribution < -0.4 is 5.73 Å². The van der Waals surface area contributed by atoms with E-state index in [1.54, 1.807) is 0 Å². The minimum absolute atomic E-state index is 0.217. The Bertz CT molecular complexity index is 595. The van der Waals surface area contributed by atoms with Crippen LogP contribution in [-0.4, -0.2) is 31.2 Å². The molecule has 0 aliphatic heterocycles. The number of hydrogen-bond acceptors (Lipinski definition) is 5. The van der Waals surface area contributed by atoms with Crippen molar-refractivity contribution in [2.75, 3.05) is 19.3 Å². The number of hydrogen-bond donors (Lipinski definition) is 1. The minimum atomic E-state index is -4.10. The maximum Gasteiger partial charge on any atom is 0.274 e. The molecule has 0 aliphatic rings. The fourth-order valence-corrected chi connectivity index (χ4v) is 2.98. The summed E-state index contributed by atoms with van der Waals surface area (Å²) in [6, 6.07) is 1.39. The van der Waals surface area contributed by atoms with Gasteiger partial charge in [0.1, 0.15) is 4.90 Å². The lowest BCUT2D eigenvalue weighted by Crippen LogP contribution is -2.29. The van der Waals surface area contributed by atoms with E-state index >= 15 is 0 Å². The largest absolute Gasteiger partial charge is 0.397 e. The Morgan fingerprint density at radius 3 is 2.50 bits per heavy atom. The number of sulfonamides is 1. The number of halogens is 1. The molecule has 2 N–H and O–H groups in total. The van der Waals surface area contributed by atoms with Crippen LogP contribution in [0.25, 0.3) is 0 Å². The van der Waals surface area contributed by atoms with Gasteiger partial charge in [0.2, 0.25) is 10.0 Å². The first kappa shape index (κ1) is 16.3. The molecule has 9 heteroatoms. The van der Waals surface area contributed by atoms with Crippen LogP contribution in [0.1, 0.15) is 19.8 Å². The van der Waals surface area contributed by atoms with Gasteiger partial charge in [-0.2, -0.15) is 0 Å². The summed E-state index contributed by atoms with van der Waals surface area (Å²) >= 11 is 0. The second-order valence-corrected chi connectivity index (χ2v) is 6.26. The van der Waals surface area contributed by atoms with Gasteiger partial charge in [0, 0.05) is 19.7 Å². The highest BCUT2D eigenvalue weighted by Gasteiger charge is 2.29. The van der Waals surface area contributed by atoms with E-state index in [1.165, 1.54) is 7.05 Å². The van der Waals surface area contributed by atoms with Gasteiger partial charge in [0.15, 0.2) is 5.82 Å². The maximum absolute atomic E-state index is 13.9. The molecule has 1 aromatic rings. The van der Waals surface area contributed by atoms with Crippen LogP contribution in [0.2, 0.25) is 0 Å². The van der Waals surface area contributed by atoms with Crippen LogP contribution in [0.15, 0.2) is 17.0 Å². The molecule has 0 heterocycles. The van der Waals surface area contributed by atoms with E-state index in [1.807, 2.05) is 6.92 Å². The van der Waals surface area contributed by atoms with Gasteiger partial charge in [-0.3, -0.25) is 10.1 Å². The van der Waals surface area contributed by atoms with Gasteiger partial charge < -0.3 is 5.73 Å². The highest BCUT2D eigenvalue weighted by molar-refractivity contribution is 7.89. The Balaban J connectivity index is 3.29. The molecular formula is C11H16FN3O4S. The fraction of sp³-hybridized carbons (Fsp3) is 0.455. The Morgan fingerprint density at radius 1 is 1.45 bits per heavy atom. The predicted octanol–water partition coefficient (Wildman–Crippen LogP) is 1.74. The van der Waals surface area contributed by atoms with Crippen LogP contribution in [0, 0.1) is 15.9 Å². The molecule has 20 heavy (non-hydrogen) atoms. The summed E-state index contributed by atoms with van der Waals surface area (Å²) in [5, 5.41) is 10.6. The molecule has 0 unspecified atom stereocenters. The van der Waals surface area contributed by atoms with Crippen LogP contribution >= 0.6 is 0 Å². The number of rotatable bonds is 6. The predicted molar refractivity (Wildman–Crippen MR) is 72.2 cm³/mol. The quantitative estimate of drug-likeness (QED) is 0.489. The SMILES string of the molecule is CCCCN(C)S(=O)(=O)c1c(N)cc([N+](=O)[O-])cc1F. The summed E-state index contributed by atoms with van der Waals surface area (Å²) in [7, 11) is -2.79. The number of non-ortho nitro benzene ring substituents is 1. The van der Waals surface area contributed by atoms with Crippen molar-refractivity contribution in [3.8, 4) is 0 Å². The molecule has 1 rings (SSSR count). The Hall–Kier alpha value is -1.74. The zero-order valence-corrected chi connectivity index (χ0v) is 12.0. The topological polar surface area (TPSA) is 107 Å². The minimum Gasteiger partial charge on any atom is -0.397 e. The maximum atomic E-state index is 13.9. The van der Waals surface area contributed by atoms with E-state index in [0.29, 0.717) is 12.5 Å². The van der Waals surface area contributed by atoms with Crippen molar-refractivity contribution < 1.29 is 17.7 Å². The highest BCUT2D eigenvalue weighted by atomic mass is 32.2. The molecule has 7 nitrogen and oxygen atoms in total. The summed E-state index contributed by atoms with van der Waals surface area (Å²) in [6.45, 7) is 2.11. The smallest absolute Gasteiger partial charge is 0.274 e. The molecule has 1 aromatic carbocycles. The first-order valence-electron chi connectivity index (χ1n) is 5.91. The van der Waals surface area contributed by atoms with E-state index in [0.717, 1.165) is 16.8 Å². The molecule has 0 saturated heterocycles. The van der Waals surface area contributed by atoms with Crippen molar-refractivity contribution >= 4 is 21.4 Å². The van der Waals surface area contributed by atoms with Crippen molar-refractivity contribution in [3.63, 3.8) is 0 Å². The van der Waals surface area contributed by atoms with Gasteiger partial charge in [0.25, 0.3) is 5.69 Å². The van der Waals surface area contributed by atoms with Crippen molar-refractivity contribution in [1.29, 1.82) is 0 Å². The molecule has 0 fully saturated rings. The number of nitrogen functional groups attached to an aromatic ring is 1. The van der Waals surface area contributed by atoms with Crippen LogP contribution in [-0.2, 0) is 10.0 Å². The zero-order chi connectivity index (χ0) is 15.5. The van der Waals surface area contributed by atoms with Crippen molar-refractivity contribution in [2.24, 2.45) is 0 Å². The average molecular weight is 305 g/mol. The van der Waals surface area contributed by atoms with Crippen molar-refractivity contribution in [3.05, 3.63) is 28.1 Å². The van der Waals surface area contributed by atoms with Gasteiger partial charge in [-0.25, -0.2) is 17.1 Å². The Labute approximate surface area is 116 Å². The second kappa shape index (κ2) is 6.14. The lowest BCUT2D eigenvalue weighted by atomic mass is 10.3. The lowest BCUT2D eigenvalue weighted by molar-refractivity contribution is -0.385. The summed E-state index contributed by atoms with van der Waals surface area (Å²) in [5.41, 5.74) is 4.40. The summed E-state index contributed by atoms with van der Waals surface area (Å²) in [6.07, 6.45) is 1.39. The Kier molecular flexibility index (Phi) is 5.01. The molecule has 0 bridgehead atoms. The number of anilines is 1. The fourth-order valence-electron chi connectivity index (χ4n) is 1.63. The number of nitro benzene ring substituents is 1. The molecule has 0 aromatic heterocycles. The normalized spacial score (nSPS) is 11.8. The van der Waals surface area contributed by atoms with E-state index in [-0.39, 0.29) is 6.54 Å². The number of unbranched alkanes of at least 4 members (excludes halogenated alkanes) is 1. The first-order chi connectivity index (χ1) is 9.21. The number of nitrogens with zero attached hydrogens (tertiary/aromatic N) is 2. The third kappa shape index (κ3) is 3.23. The third-order valence-corrected chi connectivity index (χ3v) is 4.71. The monoisotopic (exact) mass is 305 g/mol. The average Bonchev–Trinajstić information content (AvgIpc) is 2.34. The van der Waals surface area contributed by atoms with Crippen molar-refractivity contribution in [2.45, 2.75) is 24.7 Å². The highest BCUT2D eigenvalue weighted by Crippen LogP contribution is 2.29. The Morgan fingerprint density at radius 2 is 2.05 bits per heavy atom. The molecule has 0 radical (unpaired) electrons. The van der Waals surface area contributed by atoms with Crippen LogP contribution in [0.4, 0.5) is 15.8 Å². The van der Waals surface area contributed by atoms with Crippen LogP contribution in [0.3, 0.4) is 0 Å². The summed E-state index contributed by atoms with van der Waals surface area (Å²) in [5.74, 6) is -1.22. The summed E-state index contributed by atoms with van der Waals surface area (Å²) in [4.78, 5) is 9.01. The van der Waals surface area contributed by atoms with E-state index in [2.05, 4.69) is 0 Å². The zero-order valence-electron chi connectivity index (χ0n) is 11.2. The van der Waals surface area contributed by atoms with E-state index < -0.39 is 37.0 Å². The number of nitro groups is 1. The number of nitrogens with two attached hydrogens (primary N) is 1. The second-order valence-electron chi connectivity index (χ2n) is 4.28. The molecular weight excluding hydrogens is 289 g/mol. The van der Waals surface area contributed by atoms with Crippen LogP contribution in [0.5, 0.6) is 0 Å². The van der Waals surface area contributed by atoms with E-state index in [4.69, 9.17) is 5.73 Å². The third-order valence-electron chi connectivity index (χ3n) is 2.76. The van der Waals surface area contributed by atoms with Crippen molar-refractivity contribution in [1.82, 2.24) is 4.31 Å². The molecule has 0 spiro atoms. The van der Waals surface area contributed by atoms with E-state index in [9.17, 15) is 22.9 Å². The first-order valence-corrected chi connectivity index (χ1v) is 7.35. The standard InChI is InChI=1S/C11H16FN3O4S/c1-3-4-5-14(2)20(18,19)11-9(12)6-8(15(16)17)7-10(11)13/h6-7H,3-5,13H2,1-2H3. The molecule has 0 atom stereocenters. The van der Waals surface area contributed by atoms with Gasteiger partial charge in [0.05, 0.1) is 16.7 Å². The molecule has 0 amide bonds. The van der Waals surface area contributed by atoms with Gasteiger partial charge in [-0.05, 0) is 6.42 Å². The lowest BCUT2D eigenvalue weighted by Gasteiger charge is -2.18. The summed E-state index contributed by atoms with van der Waals surface area (Å²) < 4.78 is 39.2. The molecule has 0 aliphatic carbocycles. The molecule has 0 saturated carbocycles. The number of benzene rings is 1. The van der Waals surface area contributed by atoms with Gasteiger partial charge in [-0.1, -0.05) is 13.3 Å². The van der Waals surface area contributed by atoms with Gasteiger partial charge >= 0.3 is 0 Å².